The molecule has 0 unspecified atom stereocenters. The molecule has 0 bridgehead atoms. The molecule has 558 valence electrons. The highest BCUT2D eigenvalue weighted by Crippen LogP contribution is 2.22. The molecule has 0 aromatic heterocycles. The molecule has 12 amide bonds. The zero-order chi connectivity index (χ0) is 74.0. The van der Waals surface area contributed by atoms with E-state index < -0.39 is 138 Å². The number of likely N-dealkylation sites (tertiary alicyclic amines) is 1. The molecule has 1 heterocycles. The Hall–Kier alpha value is -8.55. The minimum absolute atomic E-state index is 0.0725. The largest absolute Gasteiger partial charge is 0.370 e. The first kappa shape index (κ1) is 87.5. The average molecular weight is 1390 g/mol. The van der Waals surface area contributed by atoms with Crippen LogP contribution >= 0.6 is 0 Å². The Morgan fingerprint density at radius 3 is 1.28 bits per heavy atom. The first-order chi connectivity index (χ1) is 46.2. The summed E-state index contributed by atoms with van der Waals surface area (Å²) in [6.07, 6.45) is 15.9. The first-order valence-corrected chi connectivity index (χ1v) is 35.0. The van der Waals surface area contributed by atoms with E-state index in [4.69, 9.17) is 44.9 Å². The molecule has 0 radical (unpaired) electrons. The van der Waals surface area contributed by atoms with Crippen molar-refractivity contribution < 1.29 is 57.5 Å². The number of primary amides is 2. The predicted molar refractivity (Wildman–Crippen MR) is 373 cm³/mol. The van der Waals surface area contributed by atoms with Crippen LogP contribution < -0.4 is 92.5 Å². The first-order valence-electron chi connectivity index (χ1n) is 35.0. The van der Waals surface area contributed by atoms with Crippen LogP contribution in [-0.4, -0.2) is 180 Å². The Morgan fingerprint density at radius 1 is 0.429 bits per heavy atom. The Balaban J connectivity index is 3.19. The molecule has 1 aliphatic heterocycles. The van der Waals surface area contributed by atoms with Gasteiger partial charge in [0, 0.05) is 32.6 Å². The van der Waals surface area contributed by atoms with Gasteiger partial charge in [0.05, 0.1) is 6.42 Å². The van der Waals surface area contributed by atoms with Crippen LogP contribution in [0, 0.1) is 34.0 Å². The average Bonchev–Trinajstić information content (AvgIpc) is 1.60. The number of nitrogens with two attached hydrogens (primary N) is 5. The van der Waals surface area contributed by atoms with Crippen molar-refractivity contribution in [3.8, 4) is 0 Å². The number of unbranched alkanes of at least 4 members (excludes halogenated alkanes) is 12. The molecule has 25 N–H and O–H groups in total. The van der Waals surface area contributed by atoms with E-state index in [0.717, 1.165) is 19.3 Å². The molecular formula is C65H121N21O12. The number of carbonyl (C=O) groups is 12. The summed E-state index contributed by atoms with van der Waals surface area (Å²) in [4.78, 5) is 165. The smallest absolute Gasteiger partial charge is 0.245 e. The molecule has 0 aromatic carbocycles. The van der Waals surface area contributed by atoms with Crippen LogP contribution in [0.4, 0.5) is 0 Å². The van der Waals surface area contributed by atoms with Gasteiger partial charge in [-0.15, -0.1) is 0 Å². The molecule has 98 heavy (non-hydrogen) atoms. The molecule has 0 aromatic rings. The van der Waals surface area contributed by atoms with Gasteiger partial charge in [-0.3, -0.25) is 73.8 Å². The Kier molecular flexibility index (Phi) is 43.0. The molecule has 1 fully saturated rings. The zero-order valence-corrected chi connectivity index (χ0v) is 59.5. The Morgan fingerprint density at radius 2 is 0.816 bits per heavy atom. The zero-order valence-electron chi connectivity index (χ0n) is 59.5. The Bertz CT molecular complexity index is 2610. The minimum Gasteiger partial charge on any atom is -0.370 e. The number of nitrogens with one attached hydrogen (secondary N) is 15. The third kappa shape index (κ3) is 36.7. The molecule has 10 atom stereocenters. The van der Waals surface area contributed by atoms with Crippen LogP contribution in [0.15, 0.2) is 0 Å². The van der Waals surface area contributed by atoms with E-state index in [0.29, 0.717) is 12.8 Å². The molecule has 0 spiro atoms. The summed E-state index contributed by atoms with van der Waals surface area (Å²) in [7, 11) is 0. The fourth-order valence-electron chi connectivity index (χ4n) is 11.0. The molecular weight excluding hydrogens is 1270 g/mol. The van der Waals surface area contributed by atoms with Crippen LogP contribution in [-0.2, 0) is 57.5 Å². The van der Waals surface area contributed by atoms with Crippen molar-refractivity contribution in [1.82, 2.24) is 68.7 Å². The van der Waals surface area contributed by atoms with Gasteiger partial charge in [0.2, 0.25) is 70.9 Å². The third-order valence-electron chi connectivity index (χ3n) is 16.6. The van der Waals surface area contributed by atoms with Crippen LogP contribution in [0.25, 0.3) is 0 Å². The number of hydrogen-bond donors (Lipinski definition) is 20. The molecule has 0 aliphatic carbocycles. The normalized spacial score (nSPS) is 15.5. The molecule has 33 heteroatoms. The van der Waals surface area contributed by atoms with E-state index >= 15 is 0 Å². The monoisotopic (exact) mass is 1390 g/mol. The van der Waals surface area contributed by atoms with Gasteiger partial charge in [0.1, 0.15) is 60.4 Å². The van der Waals surface area contributed by atoms with Crippen molar-refractivity contribution in [2.24, 2.45) is 46.4 Å². The van der Waals surface area contributed by atoms with Gasteiger partial charge in [-0.1, -0.05) is 126 Å². The van der Waals surface area contributed by atoms with Crippen LogP contribution in [0.2, 0.25) is 0 Å². The van der Waals surface area contributed by atoms with Crippen molar-refractivity contribution in [3.05, 3.63) is 0 Å². The lowest BCUT2D eigenvalue weighted by molar-refractivity contribution is -0.143. The second kappa shape index (κ2) is 48.2. The number of hydrogen-bond acceptors (Lipinski definition) is 15. The van der Waals surface area contributed by atoms with Crippen LogP contribution in [0.3, 0.4) is 0 Å². The Labute approximate surface area is 578 Å². The van der Waals surface area contributed by atoms with Crippen molar-refractivity contribution in [2.75, 3.05) is 26.2 Å². The molecule has 0 saturated carbocycles. The number of nitrogens with zero attached hydrogens (tertiary/aromatic N) is 1. The minimum atomic E-state index is -1.71. The molecule has 1 saturated heterocycles. The molecule has 1 aliphatic rings. The fourth-order valence-corrected chi connectivity index (χ4v) is 11.0. The lowest BCUT2D eigenvalue weighted by Crippen LogP contribution is -2.61. The van der Waals surface area contributed by atoms with E-state index in [2.05, 4.69) is 70.7 Å². The number of guanidine groups is 3. The summed E-state index contributed by atoms with van der Waals surface area (Å²) in [5.74, 6) is -11.5. The van der Waals surface area contributed by atoms with Gasteiger partial charge in [0.25, 0.3) is 0 Å². The van der Waals surface area contributed by atoms with Crippen LogP contribution in [0.5, 0.6) is 0 Å². The summed E-state index contributed by atoms with van der Waals surface area (Å²) in [6.45, 7) is 15.8. The van der Waals surface area contributed by atoms with Crippen molar-refractivity contribution in [1.29, 1.82) is 16.2 Å². The second-order valence-electron chi connectivity index (χ2n) is 26.6. The maximum atomic E-state index is 14.5. The standard InChI is InChI=1S/C65H121N21O12/c1-10-11-12-13-14-15-16-17-18-19-20-21-22-31-50(88)84-51(39(4)5)61(97)81-45(29-25-34-76-65(72)73)62(98)86-35-26-30-48(86)59(95)85-52(40(6)7)60(96)78-42(9)55(91)82-47(37-49(66)87)57(93)77-41(8)54(90)80-44(28-24-33-75-64(70)71)56(92)83-46(36-38(2)3)58(94)79-43(53(67)89)27-23-32-74-63(68)69/h38-48,51-52H,10-37H2,1-9H3,(H2,66,87)(H2,67,89)(H,77,93)(H,78,96)(H,79,94)(H,80,90)(H,81,97)(H,82,91)(H,83,92)(H,84,88)(H,85,95)(H4,68,69,74)(H4,70,71,75)(H4,72,73,76)/t41-,42-,43-,44-,45-,46-,47-,48-,51-,52-/m0/s1. The summed E-state index contributed by atoms with van der Waals surface area (Å²) in [5, 5.41) is 53.7. The van der Waals surface area contributed by atoms with Gasteiger partial charge in [-0.05, 0) is 95.8 Å². The second-order valence-corrected chi connectivity index (χ2v) is 26.6. The van der Waals surface area contributed by atoms with Gasteiger partial charge in [-0.25, -0.2) is 0 Å². The predicted octanol–water partition coefficient (Wildman–Crippen LogP) is -0.630. The lowest BCUT2D eigenvalue weighted by atomic mass is 10.0. The topological polar surface area (TPSA) is 554 Å². The maximum Gasteiger partial charge on any atom is 0.245 e. The van der Waals surface area contributed by atoms with E-state index in [1.165, 1.54) is 76.5 Å². The lowest BCUT2D eigenvalue weighted by Gasteiger charge is -2.32. The fraction of sp³-hybridized carbons (Fsp3) is 0.769. The van der Waals surface area contributed by atoms with E-state index in [9.17, 15) is 57.5 Å². The summed E-state index contributed by atoms with van der Waals surface area (Å²) < 4.78 is 0. The van der Waals surface area contributed by atoms with E-state index in [-0.39, 0.29) is 120 Å². The maximum absolute atomic E-state index is 14.5. The quantitative estimate of drug-likeness (QED) is 0.0205. The van der Waals surface area contributed by atoms with E-state index in [1.54, 1.807) is 41.5 Å². The summed E-state index contributed by atoms with van der Waals surface area (Å²) >= 11 is 0. The number of rotatable bonds is 51. The van der Waals surface area contributed by atoms with Crippen molar-refractivity contribution >= 4 is 88.8 Å². The number of carbonyl (C=O) groups excluding carboxylic acids is 12. The van der Waals surface area contributed by atoms with Gasteiger partial charge < -0.3 is 97.4 Å². The van der Waals surface area contributed by atoms with Crippen molar-refractivity contribution in [3.63, 3.8) is 0 Å². The number of amides is 12. The van der Waals surface area contributed by atoms with E-state index in [1.807, 2.05) is 0 Å². The highest BCUT2D eigenvalue weighted by atomic mass is 16.2. The molecule has 33 nitrogen and oxygen atoms in total. The highest BCUT2D eigenvalue weighted by Gasteiger charge is 2.41. The van der Waals surface area contributed by atoms with Gasteiger partial charge in [0.15, 0.2) is 17.9 Å². The van der Waals surface area contributed by atoms with Crippen LogP contribution in [0.1, 0.15) is 216 Å². The third-order valence-corrected chi connectivity index (χ3v) is 16.6. The summed E-state index contributed by atoms with van der Waals surface area (Å²) in [5.41, 5.74) is 27.3. The summed E-state index contributed by atoms with van der Waals surface area (Å²) in [6, 6.07) is -12.9. The molecule has 1 rings (SSSR count). The van der Waals surface area contributed by atoms with Gasteiger partial charge in [-0.2, -0.15) is 0 Å². The van der Waals surface area contributed by atoms with Gasteiger partial charge >= 0.3 is 0 Å². The SMILES string of the molecule is CCCCCCCCCCCCCCCC(=O)N[C@H](C(=O)N[C@@H](CCCNC(=N)N)C(=O)N1CCC[C@H]1C(=O)N[C@H](C(=O)N[C@@H](C)C(=O)N[C@@H](CC(N)=O)C(=O)N[C@@H](C)C(=O)N[C@@H](CCCNC(=N)N)C(=O)N[C@@H](CC(C)C)C(=O)N[C@@H](CCCNC(=N)N)C(N)=O)C(C)C)C(C)C. The van der Waals surface area contributed by atoms with Crippen molar-refractivity contribution in [2.45, 2.75) is 277 Å². The highest BCUT2D eigenvalue weighted by molar-refractivity contribution is 6.00.